The van der Waals surface area contributed by atoms with Crippen LogP contribution in [-0.4, -0.2) is 0 Å². The van der Waals surface area contributed by atoms with Gasteiger partial charge in [0.2, 0.25) is 0 Å². The first kappa shape index (κ1) is 7.84. The highest BCUT2D eigenvalue weighted by Gasteiger charge is 2.00. The normalized spacial score (nSPS) is 31.9. The van der Waals surface area contributed by atoms with Crippen LogP contribution in [0.5, 0.6) is 0 Å². The van der Waals surface area contributed by atoms with Gasteiger partial charge in [-0.05, 0) is 25.2 Å². The molecule has 0 amide bonds. The minimum atomic E-state index is 0.925. The summed E-state index contributed by atoms with van der Waals surface area (Å²) in [6, 6.07) is 0. The molecule has 1 rings (SSSR count). The Bertz CT molecular complexity index is 103. The fourth-order valence-corrected chi connectivity index (χ4v) is 1.50. The van der Waals surface area contributed by atoms with Crippen LogP contribution >= 0.6 is 0 Å². The second-order valence-electron chi connectivity index (χ2n) is 3.45. The highest BCUT2D eigenvalue weighted by atomic mass is 14.1. The number of allylic oxidation sites excluding steroid dienone is 2. The van der Waals surface area contributed by atoms with Crippen LogP contribution < -0.4 is 0 Å². The van der Waals surface area contributed by atoms with Crippen molar-refractivity contribution >= 4 is 0 Å². The van der Waals surface area contributed by atoms with Crippen LogP contribution in [0.25, 0.3) is 0 Å². The molecule has 0 aromatic rings. The summed E-state index contributed by atoms with van der Waals surface area (Å²) in [7, 11) is 0. The molecule has 1 atom stereocenters. The lowest BCUT2D eigenvalue weighted by molar-refractivity contribution is 0.503. The third-order valence-electron chi connectivity index (χ3n) is 2.27. The van der Waals surface area contributed by atoms with Gasteiger partial charge in [-0.25, -0.2) is 0 Å². The molecule has 0 aromatic heterocycles. The maximum atomic E-state index is 2.36. The van der Waals surface area contributed by atoms with Crippen LogP contribution in [0.15, 0.2) is 12.2 Å². The van der Waals surface area contributed by atoms with Crippen molar-refractivity contribution in [1.29, 1.82) is 0 Å². The monoisotopic (exact) mass is 138 g/mol. The molecule has 58 valence electrons. The maximum absolute atomic E-state index is 2.36. The quantitative estimate of drug-likeness (QED) is 0.449. The van der Waals surface area contributed by atoms with E-state index in [1.807, 2.05) is 0 Å². The molecule has 0 nitrogen and oxygen atoms in total. The SMILES string of the molecule is CC1C/C=C/CCCCC1. The van der Waals surface area contributed by atoms with E-state index in [1.165, 1.54) is 38.5 Å². The highest BCUT2D eigenvalue weighted by Crippen LogP contribution is 2.16. The molecular formula is C10H18. The lowest BCUT2D eigenvalue weighted by Crippen LogP contribution is -1.90. The summed E-state index contributed by atoms with van der Waals surface area (Å²) >= 11 is 0. The van der Waals surface area contributed by atoms with Gasteiger partial charge in [-0.2, -0.15) is 0 Å². The van der Waals surface area contributed by atoms with Gasteiger partial charge in [0, 0.05) is 0 Å². The van der Waals surface area contributed by atoms with E-state index in [1.54, 1.807) is 0 Å². The molecule has 0 fully saturated rings. The first-order valence-electron chi connectivity index (χ1n) is 4.54. The fraction of sp³-hybridized carbons (Fsp3) is 0.800. The van der Waals surface area contributed by atoms with Crippen molar-refractivity contribution in [1.82, 2.24) is 0 Å². The molecule has 0 N–H and O–H groups in total. The van der Waals surface area contributed by atoms with Gasteiger partial charge >= 0.3 is 0 Å². The molecule has 0 bridgehead atoms. The van der Waals surface area contributed by atoms with Crippen molar-refractivity contribution in [3.05, 3.63) is 12.2 Å². The Kier molecular flexibility index (Phi) is 3.56. The van der Waals surface area contributed by atoms with Crippen LogP contribution in [-0.2, 0) is 0 Å². The predicted octanol–water partition coefficient (Wildman–Crippen LogP) is 3.53. The second kappa shape index (κ2) is 4.54. The zero-order chi connectivity index (χ0) is 7.23. The fourth-order valence-electron chi connectivity index (χ4n) is 1.50. The Morgan fingerprint density at radius 2 is 2.00 bits per heavy atom. The first-order valence-corrected chi connectivity index (χ1v) is 4.54. The molecule has 0 saturated carbocycles. The van der Waals surface area contributed by atoms with Crippen molar-refractivity contribution < 1.29 is 0 Å². The van der Waals surface area contributed by atoms with Gasteiger partial charge < -0.3 is 0 Å². The molecule has 0 heteroatoms. The van der Waals surface area contributed by atoms with E-state index in [2.05, 4.69) is 19.1 Å². The lowest BCUT2D eigenvalue weighted by Gasteiger charge is -2.05. The smallest absolute Gasteiger partial charge is 0.0325 e. The molecule has 0 radical (unpaired) electrons. The highest BCUT2D eigenvalue weighted by molar-refractivity contribution is 4.84. The second-order valence-corrected chi connectivity index (χ2v) is 3.45. The van der Waals surface area contributed by atoms with Gasteiger partial charge in [-0.15, -0.1) is 0 Å². The number of hydrogen-bond acceptors (Lipinski definition) is 0. The van der Waals surface area contributed by atoms with Crippen LogP contribution in [0.2, 0.25) is 0 Å². The summed E-state index contributed by atoms with van der Waals surface area (Å²) in [6.45, 7) is 2.36. The minimum absolute atomic E-state index is 0.925. The minimum Gasteiger partial charge on any atom is -0.0885 e. The molecule has 0 heterocycles. The Morgan fingerprint density at radius 1 is 1.10 bits per heavy atom. The van der Waals surface area contributed by atoms with E-state index in [-0.39, 0.29) is 0 Å². The van der Waals surface area contributed by atoms with Crippen LogP contribution in [0.4, 0.5) is 0 Å². The average molecular weight is 138 g/mol. The van der Waals surface area contributed by atoms with Gasteiger partial charge in [0.15, 0.2) is 0 Å². The first-order chi connectivity index (χ1) is 4.89. The van der Waals surface area contributed by atoms with Crippen LogP contribution in [0, 0.1) is 5.92 Å². The summed E-state index contributed by atoms with van der Waals surface area (Å²) < 4.78 is 0. The predicted molar refractivity (Wildman–Crippen MR) is 46.0 cm³/mol. The van der Waals surface area contributed by atoms with E-state index in [4.69, 9.17) is 0 Å². The van der Waals surface area contributed by atoms with Gasteiger partial charge in [0.05, 0.1) is 0 Å². The molecule has 0 aliphatic heterocycles. The van der Waals surface area contributed by atoms with E-state index >= 15 is 0 Å². The summed E-state index contributed by atoms with van der Waals surface area (Å²) in [6.07, 6.45) is 13.1. The zero-order valence-corrected chi connectivity index (χ0v) is 6.97. The van der Waals surface area contributed by atoms with Gasteiger partial charge in [0.1, 0.15) is 0 Å². The van der Waals surface area contributed by atoms with Gasteiger partial charge in [0.25, 0.3) is 0 Å². The van der Waals surface area contributed by atoms with Gasteiger partial charge in [-0.3, -0.25) is 0 Å². The molecule has 1 aliphatic carbocycles. The molecule has 10 heavy (non-hydrogen) atoms. The largest absolute Gasteiger partial charge is 0.0885 e. The summed E-state index contributed by atoms with van der Waals surface area (Å²) in [5, 5.41) is 0. The molecule has 0 aromatic carbocycles. The Balaban J connectivity index is 2.26. The zero-order valence-electron chi connectivity index (χ0n) is 6.97. The third-order valence-corrected chi connectivity index (χ3v) is 2.27. The molecule has 1 aliphatic rings. The summed E-state index contributed by atoms with van der Waals surface area (Å²) in [5.74, 6) is 0.925. The lowest BCUT2D eigenvalue weighted by atomic mass is 10.0. The standard InChI is InChI=1S/C10H18/c1-10-8-6-4-2-3-5-7-9-10/h4,6,10H,2-3,5,7-9H2,1H3/b6-4+. The number of hydrogen-bond donors (Lipinski definition) is 0. The Labute approximate surface area is 64.3 Å². The van der Waals surface area contributed by atoms with Crippen molar-refractivity contribution in [2.45, 2.75) is 45.4 Å². The van der Waals surface area contributed by atoms with Crippen LogP contribution in [0.1, 0.15) is 45.4 Å². The number of rotatable bonds is 0. The van der Waals surface area contributed by atoms with Gasteiger partial charge in [-0.1, -0.05) is 38.3 Å². The van der Waals surface area contributed by atoms with E-state index in [0.717, 1.165) is 5.92 Å². The van der Waals surface area contributed by atoms with Crippen molar-refractivity contribution in [3.63, 3.8) is 0 Å². The van der Waals surface area contributed by atoms with Crippen molar-refractivity contribution in [2.24, 2.45) is 5.92 Å². The van der Waals surface area contributed by atoms with Crippen molar-refractivity contribution in [3.8, 4) is 0 Å². The molecule has 0 saturated heterocycles. The van der Waals surface area contributed by atoms with E-state index < -0.39 is 0 Å². The van der Waals surface area contributed by atoms with E-state index in [9.17, 15) is 0 Å². The topological polar surface area (TPSA) is 0 Å². The molecular weight excluding hydrogens is 120 g/mol. The Hall–Kier alpha value is -0.260. The van der Waals surface area contributed by atoms with Crippen molar-refractivity contribution in [2.75, 3.05) is 0 Å². The molecule has 0 spiro atoms. The van der Waals surface area contributed by atoms with Crippen LogP contribution in [0.3, 0.4) is 0 Å². The average Bonchev–Trinajstić information content (AvgIpc) is 2.02. The molecule has 1 unspecified atom stereocenters. The maximum Gasteiger partial charge on any atom is -0.0325 e. The summed E-state index contributed by atoms with van der Waals surface area (Å²) in [4.78, 5) is 0. The Morgan fingerprint density at radius 3 is 2.90 bits per heavy atom. The van der Waals surface area contributed by atoms with E-state index in [0.29, 0.717) is 0 Å². The third kappa shape index (κ3) is 3.05. The summed E-state index contributed by atoms with van der Waals surface area (Å²) in [5.41, 5.74) is 0.